The molecule has 0 unspecified atom stereocenters. The van der Waals surface area contributed by atoms with Crippen molar-refractivity contribution in [1.82, 2.24) is 15.3 Å². The van der Waals surface area contributed by atoms with Gasteiger partial charge in [0.05, 0.1) is 18.6 Å². The normalized spacial score (nSPS) is 25.3. The van der Waals surface area contributed by atoms with Gasteiger partial charge in [0.25, 0.3) is 0 Å². The van der Waals surface area contributed by atoms with Crippen LogP contribution < -0.4 is 5.32 Å². The lowest BCUT2D eigenvalue weighted by Crippen LogP contribution is -2.32. The summed E-state index contributed by atoms with van der Waals surface area (Å²) in [5, 5.41) is 2.96. The summed E-state index contributed by atoms with van der Waals surface area (Å²) in [6, 6.07) is 0. The number of aromatic amines is 1. The Labute approximate surface area is 95.9 Å². The number of rotatable bonds is 3. The predicted molar refractivity (Wildman–Crippen MR) is 61.6 cm³/mol. The maximum atomic E-state index is 11.9. The molecule has 0 aliphatic heterocycles. The monoisotopic (exact) mass is 221 g/mol. The Bertz CT molecular complexity index is 326. The lowest BCUT2D eigenvalue weighted by atomic mass is 9.82. The molecule has 0 atom stereocenters. The molecule has 0 saturated heterocycles. The first kappa shape index (κ1) is 11.2. The average molecular weight is 221 g/mol. The van der Waals surface area contributed by atoms with E-state index >= 15 is 0 Å². The molecule has 16 heavy (non-hydrogen) atoms. The second kappa shape index (κ2) is 5.14. The van der Waals surface area contributed by atoms with Gasteiger partial charge in [0.2, 0.25) is 5.91 Å². The molecule has 1 aliphatic rings. The molecule has 1 amide bonds. The number of carbonyl (C=O) groups is 1. The van der Waals surface area contributed by atoms with E-state index in [1.54, 1.807) is 12.5 Å². The van der Waals surface area contributed by atoms with E-state index in [0.717, 1.165) is 24.5 Å². The molecule has 1 aromatic heterocycles. The predicted octanol–water partition coefficient (Wildman–Crippen LogP) is 1.85. The van der Waals surface area contributed by atoms with E-state index in [1.807, 2.05) is 0 Å². The summed E-state index contributed by atoms with van der Waals surface area (Å²) >= 11 is 0. The molecule has 0 aromatic carbocycles. The molecule has 2 N–H and O–H groups in total. The number of nitrogens with one attached hydrogen (secondary N) is 2. The Kier molecular flexibility index (Phi) is 3.59. The van der Waals surface area contributed by atoms with Crippen molar-refractivity contribution in [2.45, 2.75) is 39.2 Å². The quantitative estimate of drug-likeness (QED) is 0.818. The van der Waals surface area contributed by atoms with Crippen molar-refractivity contribution in [3.63, 3.8) is 0 Å². The van der Waals surface area contributed by atoms with Gasteiger partial charge in [-0.15, -0.1) is 0 Å². The highest BCUT2D eigenvalue weighted by atomic mass is 16.1. The summed E-state index contributed by atoms with van der Waals surface area (Å²) in [6.45, 7) is 2.82. The number of nitrogens with zero attached hydrogens (tertiary/aromatic N) is 1. The molecule has 1 aliphatic carbocycles. The first-order valence-electron chi connectivity index (χ1n) is 6.00. The van der Waals surface area contributed by atoms with Gasteiger partial charge < -0.3 is 10.3 Å². The number of carbonyl (C=O) groups excluding carboxylic acids is 1. The first-order valence-corrected chi connectivity index (χ1v) is 6.00. The molecule has 1 fully saturated rings. The number of hydrogen-bond acceptors (Lipinski definition) is 2. The van der Waals surface area contributed by atoms with Crippen LogP contribution in [0.3, 0.4) is 0 Å². The van der Waals surface area contributed by atoms with E-state index in [1.165, 1.54) is 12.8 Å². The fourth-order valence-corrected chi connectivity index (χ4v) is 2.23. The third-order valence-corrected chi connectivity index (χ3v) is 3.39. The average Bonchev–Trinajstić information content (AvgIpc) is 2.80. The van der Waals surface area contributed by atoms with Crippen LogP contribution >= 0.6 is 0 Å². The molecule has 88 valence electrons. The number of hydrogen-bond donors (Lipinski definition) is 2. The van der Waals surface area contributed by atoms with Crippen molar-refractivity contribution in [3.05, 3.63) is 18.2 Å². The lowest BCUT2D eigenvalue weighted by Gasteiger charge is -2.25. The first-order chi connectivity index (χ1) is 7.75. The largest absolute Gasteiger partial charge is 0.350 e. The van der Waals surface area contributed by atoms with Crippen LogP contribution in [0, 0.1) is 11.8 Å². The van der Waals surface area contributed by atoms with E-state index < -0.39 is 0 Å². The Hall–Kier alpha value is -1.32. The van der Waals surface area contributed by atoms with Crippen LogP contribution in [0.2, 0.25) is 0 Å². The fourth-order valence-electron chi connectivity index (χ4n) is 2.23. The second-order valence-electron chi connectivity index (χ2n) is 4.75. The van der Waals surface area contributed by atoms with Crippen molar-refractivity contribution >= 4 is 5.91 Å². The van der Waals surface area contributed by atoms with Gasteiger partial charge in [-0.3, -0.25) is 4.79 Å². The van der Waals surface area contributed by atoms with Crippen molar-refractivity contribution in [2.75, 3.05) is 0 Å². The maximum absolute atomic E-state index is 11.9. The number of H-pyrrole nitrogens is 1. The molecule has 4 heteroatoms. The van der Waals surface area contributed by atoms with Gasteiger partial charge in [0.1, 0.15) is 0 Å². The molecule has 1 saturated carbocycles. The molecular weight excluding hydrogens is 202 g/mol. The van der Waals surface area contributed by atoms with Crippen molar-refractivity contribution in [1.29, 1.82) is 0 Å². The standard InChI is InChI=1S/C12H19N3O/c1-9-2-4-10(5-3-9)12(16)14-7-11-6-13-8-15-11/h6,8-10H,2-5,7H2,1H3,(H,13,15)(H,14,16). The molecule has 1 aromatic rings. The summed E-state index contributed by atoms with van der Waals surface area (Å²) in [5.74, 6) is 1.21. The number of imidazole rings is 1. The topological polar surface area (TPSA) is 57.8 Å². The summed E-state index contributed by atoms with van der Waals surface area (Å²) in [5.41, 5.74) is 0.956. The van der Waals surface area contributed by atoms with E-state index in [0.29, 0.717) is 6.54 Å². The number of amides is 1. The van der Waals surface area contributed by atoms with Gasteiger partial charge in [-0.1, -0.05) is 6.92 Å². The highest BCUT2D eigenvalue weighted by molar-refractivity contribution is 5.78. The zero-order chi connectivity index (χ0) is 11.4. The highest BCUT2D eigenvalue weighted by Crippen LogP contribution is 2.28. The Morgan fingerprint density at radius 3 is 2.88 bits per heavy atom. The second-order valence-corrected chi connectivity index (χ2v) is 4.75. The van der Waals surface area contributed by atoms with E-state index in [2.05, 4.69) is 22.2 Å². The van der Waals surface area contributed by atoms with Crippen LogP contribution in [0.5, 0.6) is 0 Å². The third-order valence-electron chi connectivity index (χ3n) is 3.39. The van der Waals surface area contributed by atoms with Gasteiger partial charge >= 0.3 is 0 Å². The lowest BCUT2D eigenvalue weighted by molar-refractivity contribution is -0.126. The van der Waals surface area contributed by atoms with Crippen LogP contribution in [0.15, 0.2) is 12.5 Å². The molecule has 0 spiro atoms. The minimum absolute atomic E-state index is 0.196. The van der Waals surface area contributed by atoms with Crippen molar-refractivity contribution in [2.24, 2.45) is 11.8 Å². The summed E-state index contributed by atoms with van der Waals surface area (Å²) in [7, 11) is 0. The van der Waals surface area contributed by atoms with Crippen LogP contribution in [-0.2, 0) is 11.3 Å². The molecule has 0 bridgehead atoms. The number of aromatic nitrogens is 2. The SMILES string of the molecule is CC1CCC(C(=O)NCc2cnc[nH]2)CC1. The van der Waals surface area contributed by atoms with Crippen molar-refractivity contribution in [3.8, 4) is 0 Å². The fraction of sp³-hybridized carbons (Fsp3) is 0.667. The van der Waals surface area contributed by atoms with Gasteiger partial charge in [0.15, 0.2) is 0 Å². The summed E-state index contributed by atoms with van der Waals surface area (Å²) in [4.78, 5) is 18.7. The Morgan fingerprint density at radius 1 is 1.50 bits per heavy atom. The smallest absolute Gasteiger partial charge is 0.223 e. The molecule has 1 heterocycles. The van der Waals surface area contributed by atoms with Crippen LogP contribution in [0.1, 0.15) is 38.3 Å². The van der Waals surface area contributed by atoms with E-state index in [-0.39, 0.29) is 11.8 Å². The van der Waals surface area contributed by atoms with Gasteiger partial charge in [-0.05, 0) is 31.6 Å². The molecule has 4 nitrogen and oxygen atoms in total. The summed E-state index contributed by atoms with van der Waals surface area (Å²) < 4.78 is 0. The maximum Gasteiger partial charge on any atom is 0.223 e. The summed E-state index contributed by atoms with van der Waals surface area (Å²) in [6.07, 6.45) is 7.81. The molecule has 2 rings (SSSR count). The van der Waals surface area contributed by atoms with E-state index in [4.69, 9.17) is 0 Å². The molecular formula is C12H19N3O. The van der Waals surface area contributed by atoms with Crippen LogP contribution in [0.4, 0.5) is 0 Å². The van der Waals surface area contributed by atoms with Gasteiger partial charge in [0, 0.05) is 12.1 Å². The van der Waals surface area contributed by atoms with Gasteiger partial charge in [-0.2, -0.15) is 0 Å². The Morgan fingerprint density at radius 2 is 2.25 bits per heavy atom. The minimum Gasteiger partial charge on any atom is -0.350 e. The minimum atomic E-state index is 0.196. The van der Waals surface area contributed by atoms with Crippen LogP contribution in [0.25, 0.3) is 0 Å². The van der Waals surface area contributed by atoms with Crippen molar-refractivity contribution < 1.29 is 4.79 Å². The van der Waals surface area contributed by atoms with Gasteiger partial charge in [-0.25, -0.2) is 4.98 Å². The Balaban J connectivity index is 1.75. The molecule has 0 radical (unpaired) electrons. The zero-order valence-electron chi connectivity index (χ0n) is 9.70. The van der Waals surface area contributed by atoms with E-state index in [9.17, 15) is 4.79 Å². The highest BCUT2D eigenvalue weighted by Gasteiger charge is 2.23. The third kappa shape index (κ3) is 2.84. The van der Waals surface area contributed by atoms with Crippen LogP contribution in [-0.4, -0.2) is 15.9 Å². The zero-order valence-corrected chi connectivity index (χ0v) is 9.70.